The standard InChI is InChI=1S/C13H11F3N2O/c14-13(15,16)7-4-5-10-9(6-7)8-2-1-3-11(18-19)12(8)17-10/h4-6,17,19H,1-3H2. The van der Waals surface area contributed by atoms with Crippen LogP contribution in [0.4, 0.5) is 13.2 Å². The highest BCUT2D eigenvalue weighted by atomic mass is 19.4. The zero-order valence-electron chi connectivity index (χ0n) is 9.88. The van der Waals surface area contributed by atoms with Crippen molar-refractivity contribution >= 4 is 16.6 Å². The summed E-state index contributed by atoms with van der Waals surface area (Å²) in [5.74, 6) is 0. The Morgan fingerprint density at radius 1 is 1.21 bits per heavy atom. The van der Waals surface area contributed by atoms with Gasteiger partial charge in [0.05, 0.1) is 11.3 Å². The largest absolute Gasteiger partial charge is 0.416 e. The summed E-state index contributed by atoms with van der Waals surface area (Å²) < 4.78 is 38.2. The first-order valence-electron chi connectivity index (χ1n) is 5.94. The average molecular weight is 268 g/mol. The van der Waals surface area contributed by atoms with Crippen LogP contribution in [0.1, 0.15) is 29.7 Å². The second kappa shape index (κ2) is 4.01. The van der Waals surface area contributed by atoms with Gasteiger partial charge in [-0.2, -0.15) is 13.2 Å². The van der Waals surface area contributed by atoms with E-state index < -0.39 is 11.7 Å². The number of rotatable bonds is 0. The molecule has 19 heavy (non-hydrogen) atoms. The molecule has 1 heterocycles. The normalized spacial score (nSPS) is 17.9. The van der Waals surface area contributed by atoms with Crippen LogP contribution in [0.3, 0.4) is 0 Å². The minimum Gasteiger partial charge on any atom is -0.411 e. The smallest absolute Gasteiger partial charge is 0.411 e. The lowest BCUT2D eigenvalue weighted by atomic mass is 9.93. The number of hydrogen-bond acceptors (Lipinski definition) is 2. The Hall–Kier alpha value is -1.98. The summed E-state index contributed by atoms with van der Waals surface area (Å²) >= 11 is 0. The topological polar surface area (TPSA) is 48.4 Å². The molecule has 0 bridgehead atoms. The number of H-pyrrole nitrogens is 1. The lowest BCUT2D eigenvalue weighted by molar-refractivity contribution is -0.137. The molecule has 2 aromatic rings. The van der Waals surface area contributed by atoms with E-state index in [4.69, 9.17) is 5.21 Å². The van der Waals surface area contributed by atoms with Crippen molar-refractivity contribution < 1.29 is 18.4 Å². The van der Waals surface area contributed by atoms with Crippen LogP contribution in [0.5, 0.6) is 0 Å². The average Bonchev–Trinajstić information content (AvgIpc) is 2.75. The molecule has 1 aromatic heterocycles. The monoisotopic (exact) mass is 268 g/mol. The number of nitrogens with one attached hydrogen (secondary N) is 1. The van der Waals surface area contributed by atoms with Crippen molar-refractivity contribution in [2.45, 2.75) is 25.4 Å². The van der Waals surface area contributed by atoms with E-state index >= 15 is 0 Å². The Morgan fingerprint density at radius 3 is 2.68 bits per heavy atom. The first-order valence-corrected chi connectivity index (χ1v) is 5.94. The third-order valence-corrected chi connectivity index (χ3v) is 3.48. The lowest BCUT2D eigenvalue weighted by Gasteiger charge is -2.12. The third kappa shape index (κ3) is 1.87. The van der Waals surface area contributed by atoms with Crippen molar-refractivity contribution in [1.82, 2.24) is 4.98 Å². The van der Waals surface area contributed by atoms with Gasteiger partial charge in [-0.1, -0.05) is 5.16 Å². The zero-order valence-corrected chi connectivity index (χ0v) is 9.88. The van der Waals surface area contributed by atoms with E-state index in [-0.39, 0.29) is 0 Å². The maximum Gasteiger partial charge on any atom is 0.416 e. The first-order chi connectivity index (χ1) is 9.00. The van der Waals surface area contributed by atoms with Crippen molar-refractivity contribution in [3.05, 3.63) is 35.0 Å². The maximum absolute atomic E-state index is 12.7. The highest BCUT2D eigenvalue weighted by Gasteiger charge is 2.31. The SMILES string of the molecule is ON=C1CCCc2c1[nH]c1ccc(C(F)(F)F)cc21. The number of halogens is 3. The van der Waals surface area contributed by atoms with Crippen LogP contribution in [0.25, 0.3) is 10.9 Å². The number of oxime groups is 1. The van der Waals surface area contributed by atoms with Crippen LogP contribution < -0.4 is 0 Å². The fraction of sp³-hybridized carbons (Fsp3) is 0.308. The zero-order chi connectivity index (χ0) is 13.6. The molecule has 0 aliphatic heterocycles. The van der Waals surface area contributed by atoms with Crippen molar-refractivity contribution in [2.24, 2.45) is 5.16 Å². The van der Waals surface area contributed by atoms with Gasteiger partial charge in [0.25, 0.3) is 0 Å². The molecule has 0 spiro atoms. The van der Waals surface area contributed by atoms with Crippen LogP contribution in [0.2, 0.25) is 0 Å². The highest BCUT2D eigenvalue weighted by molar-refractivity contribution is 6.06. The van der Waals surface area contributed by atoms with Gasteiger partial charge in [0.15, 0.2) is 0 Å². The molecule has 1 aliphatic carbocycles. The predicted octanol–water partition coefficient (Wildman–Crippen LogP) is 3.70. The molecule has 0 fully saturated rings. The summed E-state index contributed by atoms with van der Waals surface area (Å²) in [7, 11) is 0. The van der Waals surface area contributed by atoms with E-state index in [2.05, 4.69) is 10.1 Å². The Kier molecular flexibility index (Phi) is 2.55. The van der Waals surface area contributed by atoms with Crippen molar-refractivity contribution in [1.29, 1.82) is 0 Å². The molecule has 0 saturated heterocycles. The number of benzene rings is 1. The highest BCUT2D eigenvalue weighted by Crippen LogP contribution is 2.35. The summed E-state index contributed by atoms with van der Waals surface area (Å²) in [6, 6.07) is 3.64. The summed E-state index contributed by atoms with van der Waals surface area (Å²) in [6.45, 7) is 0. The summed E-state index contributed by atoms with van der Waals surface area (Å²) in [6.07, 6.45) is -2.26. The molecule has 0 amide bonds. The number of aryl methyl sites for hydroxylation is 1. The van der Waals surface area contributed by atoms with Gasteiger partial charge in [-0.3, -0.25) is 0 Å². The molecule has 3 rings (SSSR count). The number of aromatic amines is 1. The molecule has 0 radical (unpaired) electrons. The van der Waals surface area contributed by atoms with E-state index in [1.54, 1.807) is 0 Å². The molecule has 1 aromatic carbocycles. The van der Waals surface area contributed by atoms with Gasteiger partial charge in [-0.05, 0) is 43.0 Å². The Labute approximate surface area is 106 Å². The Morgan fingerprint density at radius 2 is 2.00 bits per heavy atom. The quantitative estimate of drug-likeness (QED) is 0.555. The number of hydrogen-bond donors (Lipinski definition) is 2. The predicted molar refractivity (Wildman–Crippen MR) is 64.6 cm³/mol. The molecule has 1 aliphatic rings. The van der Waals surface area contributed by atoms with Gasteiger partial charge >= 0.3 is 6.18 Å². The number of fused-ring (bicyclic) bond motifs is 3. The Bertz CT molecular complexity index is 670. The molecule has 2 N–H and O–H groups in total. The van der Waals surface area contributed by atoms with Crippen molar-refractivity contribution in [3.8, 4) is 0 Å². The lowest BCUT2D eigenvalue weighted by Crippen LogP contribution is -2.11. The molecule has 6 heteroatoms. The fourth-order valence-corrected chi connectivity index (χ4v) is 2.59. The van der Waals surface area contributed by atoms with Crippen LogP contribution >= 0.6 is 0 Å². The maximum atomic E-state index is 12.7. The summed E-state index contributed by atoms with van der Waals surface area (Å²) in [5.41, 5.74) is 1.95. The van der Waals surface area contributed by atoms with Gasteiger partial charge < -0.3 is 10.2 Å². The number of nitrogens with zero attached hydrogens (tertiary/aromatic N) is 1. The molecule has 0 atom stereocenters. The van der Waals surface area contributed by atoms with E-state index in [0.29, 0.717) is 35.2 Å². The van der Waals surface area contributed by atoms with Gasteiger partial charge in [0, 0.05) is 10.9 Å². The van der Waals surface area contributed by atoms with Crippen LogP contribution in [0, 0.1) is 0 Å². The molecular weight excluding hydrogens is 257 g/mol. The van der Waals surface area contributed by atoms with Gasteiger partial charge in [-0.25, -0.2) is 0 Å². The fourth-order valence-electron chi connectivity index (χ4n) is 2.59. The van der Waals surface area contributed by atoms with E-state index in [9.17, 15) is 13.2 Å². The Balaban J connectivity index is 2.24. The van der Waals surface area contributed by atoms with E-state index in [0.717, 1.165) is 24.1 Å². The van der Waals surface area contributed by atoms with Crippen molar-refractivity contribution in [3.63, 3.8) is 0 Å². The van der Waals surface area contributed by atoms with Crippen LogP contribution in [0.15, 0.2) is 23.4 Å². The summed E-state index contributed by atoms with van der Waals surface area (Å²) in [4.78, 5) is 3.04. The minimum absolute atomic E-state index is 0.506. The van der Waals surface area contributed by atoms with Gasteiger partial charge in [-0.15, -0.1) is 0 Å². The van der Waals surface area contributed by atoms with Gasteiger partial charge in [0.2, 0.25) is 0 Å². The van der Waals surface area contributed by atoms with E-state index in [1.165, 1.54) is 6.07 Å². The number of alkyl halides is 3. The molecule has 0 saturated carbocycles. The molecule has 3 nitrogen and oxygen atoms in total. The minimum atomic E-state index is -4.35. The van der Waals surface area contributed by atoms with Crippen LogP contribution in [-0.2, 0) is 12.6 Å². The molecule has 0 unspecified atom stereocenters. The van der Waals surface area contributed by atoms with E-state index in [1.807, 2.05) is 0 Å². The molecular formula is C13H11F3N2O. The molecule has 100 valence electrons. The summed E-state index contributed by atoms with van der Waals surface area (Å²) in [5, 5.41) is 12.7. The first kappa shape index (κ1) is 12.1. The second-order valence-electron chi connectivity index (χ2n) is 4.64. The van der Waals surface area contributed by atoms with Crippen molar-refractivity contribution in [2.75, 3.05) is 0 Å². The number of aromatic nitrogens is 1. The third-order valence-electron chi connectivity index (χ3n) is 3.48. The second-order valence-corrected chi connectivity index (χ2v) is 4.64. The van der Waals surface area contributed by atoms with Crippen LogP contribution in [-0.4, -0.2) is 15.9 Å². The van der Waals surface area contributed by atoms with Gasteiger partial charge in [0.1, 0.15) is 5.71 Å².